The Balaban J connectivity index is 1.60. The van der Waals surface area contributed by atoms with Crippen LogP contribution in [0.5, 0.6) is 0 Å². The highest BCUT2D eigenvalue weighted by molar-refractivity contribution is 9.10. The van der Waals surface area contributed by atoms with Crippen LogP contribution < -0.4 is 5.32 Å². The van der Waals surface area contributed by atoms with Crippen molar-refractivity contribution < 1.29 is 4.74 Å². The van der Waals surface area contributed by atoms with Crippen molar-refractivity contribution >= 4 is 15.9 Å². The van der Waals surface area contributed by atoms with E-state index in [1.165, 1.54) is 37.7 Å². The smallest absolute Gasteiger partial charge is 0.0697 e. The maximum absolute atomic E-state index is 6.11. The normalized spacial score (nSPS) is 26.8. The van der Waals surface area contributed by atoms with Gasteiger partial charge in [0.1, 0.15) is 0 Å². The Morgan fingerprint density at radius 2 is 1.95 bits per heavy atom. The van der Waals surface area contributed by atoms with Gasteiger partial charge in [0, 0.05) is 23.2 Å². The average molecular weight is 338 g/mol. The van der Waals surface area contributed by atoms with Gasteiger partial charge in [0.25, 0.3) is 0 Å². The van der Waals surface area contributed by atoms with Crippen LogP contribution in [0.1, 0.15) is 57.1 Å². The van der Waals surface area contributed by atoms with E-state index in [9.17, 15) is 0 Å². The highest BCUT2D eigenvalue weighted by atomic mass is 79.9. The molecule has 1 aliphatic carbocycles. The first-order chi connectivity index (χ1) is 9.67. The maximum atomic E-state index is 6.11. The van der Waals surface area contributed by atoms with Crippen molar-refractivity contribution in [1.82, 2.24) is 5.32 Å². The number of halogens is 1. The second-order valence-corrected chi connectivity index (χ2v) is 7.28. The molecule has 1 saturated heterocycles. The first-order valence-corrected chi connectivity index (χ1v) is 8.62. The van der Waals surface area contributed by atoms with Crippen molar-refractivity contribution in [2.45, 2.75) is 63.1 Å². The molecule has 1 unspecified atom stereocenters. The number of nitrogens with one attached hydrogen (secondary N) is 1. The van der Waals surface area contributed by atoms with Crippen LogP contribution in [-0.2, 0) is 4.74 Å². The largest absolute Gasteiger partial charge is 0.375 e. The average Bonchev–Trinajstić information content (AvgIpc) is 2.87. The Hall–Kier alpha value is -0.380. The summed E-state index contributed by atoms with van der Waals surface area (Å²) >= 11 is 3.50. The lowest BCUT2D eigenvalue weighted by atomic mass is 9.88. The summed E-state index contributed by atoms with van der Waals surface area (Å²) < 4.78 is 7.26. The lowest BCUT2D eigenvalue weighted by molar-refractivity contribution is -0.0846. The van der Waals surface area contributed by atoms with E-state index in [1.807, 2.05) is 0 Å². The van der Waals surface area contributed by atoms with E-state index in [-0.39, 0.29) is 5.60 Å². The molecule has 1 aromatic rings. The van der Waals surface area contributed by atoms with E-state index < -0.39 is 0 Å². The summed E-state index contributed by atoms with van der Waals surface area (Å²) in [7, 11) is 0. The van der Waals surface area contributed by atoms with Crippen molar-refractivity contribution in [3.8, 4) is 0 Å². The number of hydrogen-bond donors (Lipinski definition) is 1. The lowest BCUT2D eigenvalue weighted by Gasteiger charge is -2.39. The molecule has 3 rings (SSSR count). The summed E-state index contributed by atoms with van der Waals surface area (Å²) in [4.78, 5) is 0. The number of benzene rings is 1. The molecule has 2 atom stereocenters. The van der Waals surface area contributed by atoms with Gasteiger partial charge >= 0.3 is 0 Å². The van der Waals surface area contributed by atoms with E-state index in [2.05, 4.69) is 52.4 Å². The van der Waals surface area contributed by atoms with Crippen LogP contribution in [-0.4, -0.2) is 18.2 Å². The molecular formula is C17H24BrNO. The zero-order valence-corrected chi connectivity index (χ0v) is 13.8. The monoisotopic (exact) mass is 337 g/mol. The summed E-state index contributed by atoms with van der Waals surface area (Å²) in [5, 5.41) is 3.81. The molecule has 1 saturated carbocycles. The van der Waals surface area contributed by atoms with Crippen molar-refractivity contribution in [2.24, 2.45) is 0 Å². The van der Waals surface area contributed by atoms with Gasteiger partial charge < -0.3 is 10.1 Å². The van der Waals surface area contributed by atoms with Crippen LogP contribution in [0.15, 0.2) is 28.7 Å². The molecule has 2 fully saturated rings. The van der Waals surface area contributed by atoms with E-state index in [4.69, 9.17) is 4.74 Å². The predicted molar refractivity (Wildman–Crippen MR) is 85.9 cm³/mol. The Morgan fingerprint density at radius 3 is 2.65 bits per heavy atom. The molecular weight excluding hydrogens is 314 g/mol. The highest BCUT2D eigenvalue weighted by Crippen LogP contribution is 2.40. The third-order valence-corrected chi connectivity index (χ3v) is 5.39. The van der Waals surface area contributed by atoms with Crippen LogP contribution in [0, 0.1) is 0 Å². The van der Waals surface area contributed by atoms with Gasteiger partial charge in [-0.05, 0) is 50.3 Å². The van der Waals surface area contributed by atoms with Gasteiger partial charge in [-0.15, -0.1) is 0 Å². The minimum atomic E-state index is 0.204. The highest BCUT2D eigenvalue weighted by Gasteiger charge is 2.40. The standard InChI is InChI=1S/C17H24BrNO/c1-13(14-4-6-15(18)7-5-14)19-16-8-11-20-17(12-16)9-2-3-10-17/h4-7,13,16,19H,2-3,8-12H2,1H3/t13-,16?/m0/s1. The molecule has 1 spiro atoms. The SMILES string of the molecule is C[C@H](NC1CCOC2(CCCC2)C1)c1ccc(Br)cc1. The molecule has 0 aromatic heterocycles. The summed E-state index contributed by atoms with van der Waals surface area (Å²) in [5.41, 5.74) is 1.56. The second kappa shape index (κ2) is 6.17. The lowest BCUT2D eigenvalue weighted by Crippen LogP contribution is -2.46. The van der Waals surface area contributed by atoms with E-state index in [1.54, 1.807) is 0 Å². The van der Waals surface area contributed by atoms with Gasteiger partial charge in [0.05, 0.1) is 5.60 Å². The zero-order valence-electron chi connectivity index (χ0n) is 12.2. The fourth-order valence-electron chi connectivity index (χ4n) is 3.74. The van der Waals surface area contributed by atoms with Crippen LogP contribution in [0.4, 0.5) is 0 Å². The second-order valence-electron chi connectivity index (χ2n) is 6.37. The molecule has 1 N–H and O–H groups in total. The topological polar surface area (TPSA) is 21.3 Å². The van der Waals surface area contributed by atoms with Crippen molar-refractivity contribution in [1.29, 1.82) is 0 Å². The zero-order chi connectivity index (χ0) is 14.0. The summed E-state index contributed by atoms with van der Waals surface area (Å²) in [6.45, 7) is 3.19. The molecule has 0 radical (unpaired) electrons. The first-order valence-electron chi connectivity index (χ1n) is 7.82. The van der Waals surface area contributed by atoms with Crippen LogP contribution in [0.25, 0.3) is 0 Å². The molecule has 2 nitrogen and oxygen atoms in total. The predicted octanol–water partition coefficient (Wildman–Crippen LogP) is 4.59. The van der Waals surface area contributed by atoms with Crippen molar-refractivity contribution in [3.63, 3.8) is 0 Å². The van der Waals surface area contributed by atoms with Gasteiger partial charge in [0.2, 0.25) is 0 Å². The van der Waals surface area contributed by atoms with Gasteiger partial charge in [-0.3, -0.25) is 0 Å². The fraction of sp³-hybridized carbons (Fsp3) is 0.647. The van der Waals surface area contributed by atoms with Gasteiger partial charge in [-0.1, -0.05) is 40.9 Å². The summed E-state index contributed by atoms with van der Waals surface area (Å²) in [6.07, 6.45) is 7.54. The molecule has 3 heteroatoms. The van der Waals surface area contributed by atoms with Crippen LogP contribution in [0.2, 0.25) is 0 Å². The van der Waals surface area contributed by atoms with E-state index in [0.717, 1.165) is 17.5 Å². The van der Waals surface area contributed by atoms with E-state index in [0.29, 0.717) is 12.1 Å². The molecule has 1 heterocycles. The molecule has 110 valence electrons. The van der Waals surface area contributed by atoms with Gasteiger partial charge in [0.15, 0.2) is 0 Å². The molecule has 20 heavy (non-hydrogen) atoms. The van der Waals surface area contributed by atoms with E-state index >= 15 is 0 Å². The van der Waals surface area contributed by atoms with Gasteiger partial charge in [-0.2, -0.15) is 0 Å². The molecule has 1 aliphatic heterocycles. The first kappa shape index (κ1) is 14.6. The minimum Gasteiger partial charge on any atom is -0.375 e. The Bertz CT molecular complexity index is 439. The Kier molecular flexibility index (Phi) is 4.49. The van der Waals surface area contributed by atoms with Crippen LogP contribution in [0.3, 0.4) is 0 Å². The van der Waals surface area contributed by atoms with Crippen molar-refractivity contribution in [3.05, 3.63) is 34.3 Å². The summed E-state index contributed by atoms with van der Waals surface area (Å²) in [5.74, 6) is 0. The Morgan fingerprint density at radius 1 is 1.25 bits per heavy atom. The molecule has 0 amide bonds. The quantitative estimate of drug-likeness (QED) is 0.870. The Labute approximate surface area is 130 Å². The summed E-state index contributed by atoms with van der Waals surface area (Å²) in [6, 6.07) is 9.65. The molecule has 1 aromatic carbocycles. The molecule has 2 aliphatic rings. The van der Waals surface area contributed by atoms with Crippen LogP contribution >= 0.6 is 15.9 Å². The number of ether oxygens (including phenoxy) is 1. The fourth-order valence-corrected chi connectivity index (χ4v) is 4.00. The van der Waals surface area contributed by atoms with Gasteiger partial charge in [-0.25, -0.2) is 0 Å². The minimum absolute atomic E-state index is 0.204. The maximum Gasteiger partial charge on any atom is 0.0697 e. The molecule has 0 bridgehead atoms. The third kappa shape index (κ3) is 3.26. The number of hydrogen-bond acceptors (Lipinski definition) is 2. The third-order valence-electron chi connectivity index (χ3n) is 4.86. The number of rotatable bonds is 3. The van der Waals surface area contributed by atoms with Crippen molar-refractivity contribution in [2.75, 3.05) is 6.61 Å².